The molecule has 13 aliphatic rings. The van der Waals surface area contributed by atoms with Gasteiger partial charge in [-0.15, -0.1) is 0 Å². The van der Waals surface area contributed by atoms with Crippen LogP contribution in [0.2, 0.25) is 0 Å². The van der Waals surface area contributed by atoms with Crippen molar-refractivity contribution in [2.75, 3.05) is 0 Å². The van der Waals surface area contributed by atoms with E-state index in [2.05, 4.69) is 19.6 Å². The van der Waals surface area contributed by atoms with E-state index >= 15 is 0 Å². The molecular weight excluding hydrogens is 897 g/mol. The molecule has 4 nitrogen and oxygen atoms in total. The van der Waals surface area contributed by atoms with Crippen LogP contribution in [0, 0.1) is 47.3 Å². The van der Waals surface area contributed by atoms with Gasteiger partial charge in [0.25, 0.3) is 0 Å². The van der Waals surface area contributed by atoms with Crippen LogP contribution in [0.4, 0.5) is 0 Å². The van der Waals surface area contributed by atoms with Gasteiger partial charge in [-0.05, 0) is 227 Å². The van der Waals surface area contributed by atoms with Crippen LogP contribution in [0.3, 0.4) is 0 Å². The summed E-state index contributed by atoms with van der Waals surface area (Å²) in [5, 5.41) is 0. The van der Waals surface area contributed by atoms with Gasteiger partial charge < -0.3 is 0 Å². The number of rotatable bonds is 12. The van der Waals surface area contributed by atoms with Gasteiger partial charge in [0.15, 0.2) is 0 Å². The molecule has 0 bridgehead atoms. The van der Waals surface area contributed by atoms with Crippen LogP contribution in [0.15, 0.2) is 0 Å². The topological polar surface area (TPSA) is 13.0 Å². The second-order valence-electron chi connectivity index (χ2n) is 30.7. The van der Waals surface area contributed by atoms with Gasteiger partial charge in [-0.2, -0.15) is 0 Å². The molecule has 0 N–H and O–H groups in total. The molecule has 0 heterocycles. The van der Waals surface area contributed by atoms with Crippen LogP contribution >= 0.6 is 0 Å². The first-order chi connectivity index (χ1) is 36.7. The molecule has 420 valence electrons. The number of hydrogen-bond donors (Lipinski definition) is 0. The fourth-order valence-corrected chi connectivity index (χ4v) is 24.1. The average molecular weight is 1020 g/mol. The minimum atomic E-state index is 0.886. The van der Waals surface area contributed by atoms with Gasteiger partial charge in [0.05, 0.1) is 0 Å². The number of nitrogens with zero attached hydrogens (tertiary/aromatic N) is 4. The monoisotopic (exact) mass is 1020 g/mol. The van der Waals surface area contributed by atoms with Crippen molar-refractivity contribution in [3.8, 4) is 0 Å². The Bertz CT molecular complexity index is 1550. The van der Waals surface area contributed by atoms with Gasteiger partial charge in [0.1, 0.15) is 0 Å². The Balaban J connectivity index is 0.656. The van der Waals surface area contributed by atoms with Crippen molar-refractivity contribution in [3.05, 3.63) is 0 Å². The van der Waals surface area contributed by atoms with Crippen molar-refractivity contribution < 1.29 is 0 Å². The summed E-state index contributed by atoms with van der Waals surface area (Å²) in [5.41, 5.74) is 0. The van der Waals surface area contributed by atoms with Crippen LogP contribution in [0.5, 0.6) is 0 Å². The molecule has 4 heteroatoms. The SMILES string of the molecule is C1CCC(N(C2CCC(N(C3CCCCC3)C3CCCC4CCCCC43)CC2)C2CCC3C(CCC4CC(N(C5CCCCC5)C5CCC(N(C6CCCCC6)C6CCCC7CCCCC76)CC5)CCC43)C2)CC1. The normalized spacial score (nSPS) is 43.9. The highest BCUT2D eigenvalue weighted by Crippen LogP contribution is 2.55. The Labute approximate surface area is 458 Å². The van der Waals surface area contributed by atoms with Crippen LogP contribution < -0.4 is 0 Å². The largest absolute Gasteiger partial charge is 0.294 e. The lowest BCUT2D eigenvalue weighted by atomic mass is 9.56. The van der Waals surface area contributed by atoms with E-state index in [4.69, 9.17) is 0 Å². The highest BCUT2D eigenvalue weighted by molar-refractivity contribution is 5.05. The molecule has 12 atom stereocenters. The lowest BCUT2D eigenvalue weighted by Crippen LogP contribution is -2.59. The zero-order valence-corrected chi connectivity index (χ0v) is 48.7. The predicted octanol–water partition coefficient (Wildman–Crippen LogP) is 18.2. The highest BCUT2D eigenvalue weighted by Gasteiger charge is 2.51. The second-order valence-corrected chi connectivity index (χ2v) is 30.7. The molecule has 0 aromatic rings. The lowest BCUT2D eigenvalue weighted by molar-refractivity contribution is -0.0725. The summed E-state index contributed by atoms with van der Waals surface area (Å²) < 4.78 is 0. The maximum atomic E-state index is 3.39. The first-order valence-electron chi connectivity index (χ1n) is 35.8. The molecule has 0 amide bonds. The lowest BCUT2D eigenvalue weighted by Gasteiger charge is -2.57. The first kappa shape index (κ1) is 53.2. The van der Waals surface area contributed by atoms with Gasteiger partial charge in [-0.1, -0.05) is 141 Å². The summed E-state index contributed by atoms with van der Waals surface area (Å²) in [7, 11) is 0. The van der Waals surface area contributed by atoms with Gasteiger partial charge in [-0.3, -0.25) is 19.6 Å². The molecular formula is C70H120N4. The van der Waals surface area contributed by atoms with E-state index in [1.807, 2.05) is 0 Å². The maximum Gasteiger partial charge on any atom is 0.0132 e. The third-order valence-electron chi connectivity index (χ3n) is 27.2. The fourth-order valence-electron chi connectivity index (χ4n) is 24.1. The number of hydrogen-bond acceptors (Lipinski definition) is 4. The van der Waals surface area contributed by atoms with Crippen molar-refractivity contribution >= 4 is 0 Å². The van der Waals surface area contributed by atoms with Crippen molar-refractivity contribution in [1.29, 1.82) is 0 Å². The van der Waals surface area contributed by atoms with Crippen LogP contribution in [0.25, 0.3) is 0 Å². The molecule has 13 aliphatic carbocycles. The molecule has 0 aliphatic heterocycles. The molecule has 12 unspecified atom stereocenters. The minimum absolute atomic E-state index is 0.886. The molecule has 0 saturated heterocycles. The number of fused-ring (bicyclic) bond motifs is 5. The summed E-state index contributed by atoms with van der Waals surface area (Å²) in [6.45, 7) is 0. The first-order valence-corrected chi connectivity index (χ1v) is 35.8. The fraction of sp³-hybridized carbons (Fsp3) is 1.00. The van der Waals surface area contributed by atoms with Gasteiger partial charge in [0, 0.05) is 72.5 Å². The average Bonchev–Trinajstić information content (AvgIpc) is 3.48. The summed E-state index contributed by atoms with van der Waals surface area (Å²) in [4.78, 5) is 13.5. The van der Waals surface area contributed by atoms with Crippen molar-refractivity contribution in [3.63, 3.8) is 0 Å². The Hall–Kier alpha value is -0.160. The molecule has 13 saturated carbocycles. The van der Waals surface area contributed by atoms with E-state index in [0.717, 1.165) is 120 Å². The summed E-state index contributed by atoms with van der Waals surface area (Å²) in [5.74, 6) is 8.40. The van der Waals surface area contributed by atoms with Crippen LogP contribution in [-0.4, -0.2) is 92.1 Å². The Morgan fingerprint density at radius 1 is 0.149 bits per heavy atom. The molecule has 0 aromatic heterocycles. The van der Waals surface area contributed by atoms with Gasteiger partial charge in [-0.25, -0.2) is 0 Å². The predicted molar refractivity (Wildman–Crippen MR) is 312 cm³/mol. The van der Waals surface area contributed by atoms with Gasteiger partial charge >= 0.3 is 0 Å². The third-order valence-corrected chi connectivity index (χ3v) is 27.2. The van der Waals surface area contributed by atoms with Crippen LogP contribution in [0.1, 0.15) is 321 Å². The Kier molecular flexibility index (Phi) is 18.2. The second kappa shape index (κ2) is 25.3. The molecule has 0 spiro atoms. The molecule has 74 heavy (non-hydrogen) atoms. The van der Waals surface area contributed by atoms with Gasteiger partial charge in [0.2, 0.25) is 0 Å². The molecule has 13 rings (SSSR count). The maximum absolute atomic E-state index is 3.39. The molecule has 0 aromatic carbocycles. The third kappa shape index (κ3) is 11.5. The summed E-state index contributed by atoms with van der Waals surface area (Å²) in [6, 6.07) is 10.9. The Morgan fingerprint density at radius 2 is 0.419 bits per heavy atom. The summed E-state index contributed by atoms with van der Waals surface area (Å²) >= 11 is 0. The Morgan fingerprint density at radius 3 is 0.784 bits per heavy atom. The highest BCUT2D eigenvalue weighted by atomic mass is 15.3. The van der Waals surface area contributed by atoms with Crippen LogP contribution in [-0.2, 0) is 0 Å². The van der Waals surface area contributed by atoms with E-state index in [1.54, 1.807) is 103 Å². The van der Waals surface area contributed by atoms with E-state index in [1.165, 1.54) is 218 Å². The van der Waals surface area contributed by atoms with Crippen molar-refractivity contribution in [2.45, 2.75) is 394 Å². The van der Waals surface area contributed by atoms with E-state index < -0.39 is 0 Å². The van der Waals surface area contributed by atoms with Crippen molar-refractivity contribution in [1.82, 2.24) is 19.6 Å². The minimum Gasteiger partial charge on any atom is -0.294 e. The quantitative estimate of drug-likeness (QED) is 0.193. The zero-order valence-electron chi connectivity index (χ0n) is 48.7. The smallest absolute Gasteiger partial charge is 0.0132 e. The van der Waals surface area contributed by atoms with E-state index in [-0.39, 0.29) is 0 Å². The van der Waals surface area contributed by atoms with Crippen molar-refractivity contribution in [2.24, 2.45) is 47.3 Å². The molecule has 0 radical (unpaired) electrons. The standard InChI is InChI=1S/C70H120N4/c1-5-23-55(24-6-1)71(59-37-41-61(42-38-59)73(57-27-9-3-10-28-57)69-33-17-21-51-19-13-15-31-67(51)69)63-45-47-65-53(49-63)35-36-54-50-64(46-48-66(54)65)72(56-25-7-2-8-26-56)60-39-43-62(44-40-60)74(58-29-11-4-12-30-58)70-34-18-22-52-20-14-16-32-68(52)70/h51-70H,1-50H2. The molecule has 13 fully saturated rings. The summed E-state index contributed by atoms with van der Waals surface area (Å²) in [6.07, 6.45) is 76.9. The van der Waals surface area contributed by atoms with E-state index in [0.29, 0.717) is 0 Å². The zero-order chi connectivity index (χ0) is 49.2. The van der Waals surface area contributed by atoms with E-state index in [9.17, 15) is 0 Å².